The Morgan fingerprint density at radius 2 is 2.09 bits per heavy atom. The van der Waals surface area contributed by atoms with Crippen LogP contribution < -0.4 is 20.1 Å². The first kappa shape index (κ1) is 23.1. The molecule has 1 aromatic carbocycles. The van der Waals surface area contributed by atoms with Gasteiger partial charge < -0.3 is 34.9 Å². The smallest absolute Gasteiger partial charge is 0.229 e. The predicted octanol–water partition coefficient (Wildman–Crippen LogP) is 1.09. The van der Waals surface area contributed by atoms with Crippen molar-refractivity contribution in [1.29, 1.82) is 0 Å². The zero-order valence-electron chi connectivity index (χ0n) is 18.8. The molecule has 5 rings (SSSR count). The van der Waals surface area contributed by atoms with E-state index in [1.165, 1.54) is 7.05 Å². The number of anilines is 1. The SMILES string of the molecule is CNC(=O)[C@@]12C[C@@H]1[C@@H](n1cnc3c(NCc4cc(OC)ccc4OC)nc(I)nc31)[C@H](O)[C@@H]2O. The topological polar surface area (TPSA) is 144 Å². The lowest BCUT2D eigenvalue weighted by atomic mass is 9.98. The van der Waals surface area contributed by atoms with Crippen LogP contribution in [0.4, 0.5) is 5.82 Å². The number of aliphatic hydroxyl groups is 2. The van der Waals surface area contributed by atoms with Gasteiger partial charge in [-0.25, -0.2) is 15.0 Å². The van der Waals surface area contributed by atoms with E-state index in [4.69, 9.17) is 9.47 Å². The van der Waals surface area contributed by atoms with Gasteiger partial charge in [0.1, 0.15) is 17.6 Å². The number of carbonyl (C=O) groups excluding carboxylic acids is 1. The molecule has 12 heteroatoms. The van der Waals surface area contributed by atoms with Crippen molar-refractivity contribution in [2.75, 3.05) is 26.6 Å². The zero-order valence-corrected chi connectivity index (χ0v) is 21.0. The highest BCUT2D eigenvalue weighted by atomic mass is 127. The molecule has 4 N–H and O–H groups in total. The minimum absolute atomic E-state index is 0.208. The Morgan fingerprint density at radius 3 is 2.79 bits per heavy atom. The van der Waals surface area contributed by atoms with Gasteiger partial charge in [-0.2, -0.15) is 0 Å². The number of carbonyl (C=O) groups is 1. The van der Waals surface area contributed by atoms with Gasteiger partial charge in [-0.3, -0.25) is 4.79 Å². The molecule has 0 spiro atoms. The largest absolute Gasteiger partial charge is 0.497 e. The number of hydrogen-bond donors (Lipinski definition) is 4. The number of fused-ring (bicyclic) bond motifs is 2. The number of imidazole rings is 1. The van der Waals surface area contributed by atoms with Crippen LogP contribution in [0.5, 0.6) is 11.5 Å². The number of rotatable bonds is 7. The van der Waals surface area contributed by atoms with Crippen LogP contribution in [0.15, 0.2) is 24.5 Å². The van der Waals surface area contributed by atoms with E-state index < -0.39 is 23.7 Å². The van der Waals surface area contributed by atoms with Gasteiger partial charge in [0.15, 0.2) is 20.8 Å². The van der Waals surface area contributed by atoms with Crippen molar-refractivity contribution in [3.8, 4) is 11.5 Å². The summed E-state index contributed by atoms with van der Waals surface area (Å²) in [6.07, 6.45) is -0.179. The van der Waals surface area contributed by atoms with Gasteiger partial charge in [0.25, 0.3) is 0 Å². The molecule has 2 aromatic heterocycles. The van der Waals surface area contributed by atoms with Crippen LogP contribution in [-0.4, -0.2) is 69.1 Å². The van der Waals surface area contributed by atoms with Crippen LogP contribution in [-0.2, 0) is 11.3 Å². The molecule has 34 heavy (non-hydrogen) atoms. The van der Waals surface area contributed by atoms with Gasteiger partial charge in [-0.15, -0.1) is 0 Å². The Balaban J connectivity index is 1.48. The molecule has 2 heterocycles. The third-order valence-corrected chi connectivity index (χ3v) is 7.45. The van der Waals surface area contributed by atoms with E-state index in [2.05, 4.69) is 25.6 Å². The fourth-order valence-electron chi connectivity index (χ4n) is 5.22. The van der Waals surface area contributed by atoms with Crippen molar-refractivity contribution in [3.05, 3.63) is 33.9 Å². The van der Waals surface area contributed by atoms with Gasteiger partial charge in [-0.1, -0.05) is 0 Å². The minimum atomic E-state index is -1.15. The maximum absolute atomic E-state index is 12.5. The monoisotopic (exact) mass is 580 g/mol. The number of hydrogen-bond acceptors (Lipinski definition) is 9. The minimum Gasteiger partial charge on any atom is -0.497 e. The average Bonchev–Trinajstić information content (AvgIpc) is 3.39. The second-order valence-corrected chi connectivity index (χ2v) is 9.52. The summed E-state index contributed by atoms with van der Waals surface area (Å²) in [5.41, 5.74) is 0.961. The lowest BCUT2D eigenvalue weighted by Gasteiger charge is -2.23. The molecule has 180 valence electrons. The van der Waals surface area contributed by atoms with Gasteiger partial charge in [0, 0.05) is 47.7 Å². The van der Waals surface area contributed by atoms with Gasteiger partial charge >= 0.3 is 0 Å². The first-order valence-corrected chi connectivity index (χ1v) is 11.9. The van der Waals surface area contributed by atoms with E-state index in [-0.39, 0.29) is 11.8 Å². The molecular weight excluding hydrogens is 555 g/mol. The second-order valence-electron chi connectivity index (χ2n) is 8.55. The number of halogens is 1. The van der Waals surface area contributed by atoms with Crippen molar-refractivity contribution < 1.29 is 24.5 Å². The van der Waals surface area contributed by atoms with E-state index >= 15 is 0 Å². The lowest BCUT2D eigenvalue weighted by molar-refractivity contribution is -0.132. The molecule has 2 fully saturated rings. The van der Waals surface area contributed by atoms with Crippen LogP contribution >= 0.6 is 22.6 Å². The van der Waals surface area contributed by atoms with Crippen LogP contribution in [0.25, 0.3) is 11.2 Å². The molecule has 2 aliphatic carbocycles. The molecule has 0 radical (unpaired) electrons. The summed E-state index contributed by atoms with van der Waals surface area (Å²) in [6, 6.07) is 5.03. The fourth-order valence-corrected chi connectivity index (χ4v) is 5.69. The van der Waals surface area contributed by atoms with Gasteiger partial charge in [0.05, 0.1) is 38.1 Å². The second kappa shape index (κ2) is 8.50. The average molecular weight is 580 g/mol. The summed E-state index contributed by atoms with van der Waals surface area (Å²) in [5.74, 6) is 1.48. The predicted molar refractivity (Wildman–Crippen MR) is 131 cm³/mol. The highest BCUT2D eigenvalue weighted by molar-refractivity contribution is 14.1. The summed E-state index contributed by atoms with van der Waals surface area (Å²) in [5, 5.41) is 27.5. The van der Waals surface area contributed by atoms with Crippen LogP contribution in [0.2, 0.25) is 0 Å². The van der Waals surface area contributed by atoms with Crippen molar-refractivity contribution in [1.82, 2.24) is 24.8 Å². The Morgan fingerprint density at radius 1 is 1.29 bits per heavy atom. The van der Waals surface area contributed by atoms with Gasteiger partial charge in [0.2, 0.25) is 5.91 Å². The summed E-state index contributed by atoms with van der Waals surface area (Å²) in [6.45, 7) is 0.405. The van der Waals surface area contributed by atoms with E-state index in [1.807, 2.05) is 40.8 Å². The lowest BCUT2D eigenvalue weighted by Crippen LogP contribution is -2.41. The Kier molecular flexibility index (Phi) is 5.76. The van der Waals surface area contributed by atoms with Crippen LogP contribution in [0.1, 0.15) is 18.0 Å². The number of nitrogens with one attached hydrogen (secondary N) is 2. The quantitative estimate of drug-likeness (QED) is 0.239. The molecule has 1 amide bonds. The molecule has 0 bridgehead atoms. The molecule has 5 atom stereocenters. The Hall–Kier alpha value is -2.71. The van der Waals surface area contributed by atoms with Crippen molar-refractivity contribution in [3.63, 3.8) is 0 Å². The highest BCUT2D eigenvalue weighted by Gasteiger charge is 2.75. The van der Waals surface area contributed by atoms with Crippen molar-refractivity contribution in [2.24, 2.45) is 11.3 Å². The summed E-state index contributed by atoms with van der Waals surface area (Å²) in [7, 11) is 4.75. The molecule has 0 aliphatic heterocycles. The van der Waals surface area contributed by atoms with E-state index in [1.54, 1.807) is 25.1 Å². The molecular formula is C22H25IN6O5. The third-order valence-electron chi connectivity index (χ3n) is 6.97. The third kappa shape index (κ3) is 3.38. The standard InChI is InChI=1S/C22H25IN6O5/c1-24-20(32)22-7-12(22)15(16(30)17(22)31)29-9-26-14-18(27-21(23)28-19(14)29)25-8-10-6-11(33-2)4-5-13(10)34-3/h4-6,9,12,15-17,30-31H,7-8H2,1-3H3,(H,24,32)(H,25,27,28)/t12-,15-,16+,17+,22+/m1/s1. The number of methoxy groups -OCH3 is 2. The van der Waals surface area contributed by atoms with Crippen molar-refractivity contribution in [2.45, 2.75) is 31.2 Å². The summed E-state index contributed by atoms with van der Waals surface area (Å²) in [4.78, 5) is 26.1. The molecule has 3 aromatic rings. The number of ether oxygens (including phenoxy) is 2. The summed E-state index contributed by atoms with van der Waals surface area (Å²) >= 11 is 2.03. The van der Waals surface area contributed by atoms with E-state index in [0.29, 0.717) is 45.3 Å². The summed E-state index contributed by atoms with van der Waals surface area (Å²) < 4.78 is 13.0. The van der Waals surface area contributed by atoms with Gasteiger partial charge in [-0.05, 0) is 24.6 Å². The first-order chi connectivity index (χ1) is 16.3. The Labute approximate surface area is 209 Å². The number of aromatic nitrogens is 4. The maximum atomic E-state index is 12.5. The molecule has 2 aliphatic rings. The number of nitrogens with zero attached hydrogens (tertiary/aromatic N) is 4. The first-order valence-electron chi connectivity index (χ1n) is 10.8. The highest BCUT2D eigenvalue weighted by Crippen LogP contribution is 2.67. The van der Waals surface area contributed by atoms with E-state index in [0.717, 1.165) is 5.56 Å². The molecule has 11 nitrogen and oxygen atoms in total. The fraction of sp³-hybridized carbons (Fsp3) is 0.455. The van der Waals surface area contributed by atoms with Crippen LogP contribution in [0.3, 0.4) is 0 Å². The molecule has 2 saturated carbocycles. The van der Waals surface area contributed by atoms with Crippen molar-refractivity contribution >= 4 is 45.5 Å². The zero-order chi connectivity index (χ0) is 24.2. The maximum Gasteiger partial charge on any atom is 0.229 e. The normalized spacial score (nSPS) is 27.4. The number of benzene rings is 1. The number of aliphatic hydroxyl groups excluding tert-OH is 2. The van der Waals surface area contributed by atoms with Crippen LogP contribution in [0, 0.1) is 15.2 Å². The van der Waals surface area contributed by atoms with E-state index in [9.17, 15) is 15.0 Å². The number of amides is 1. The molecule has 0 unspecified atom stereocenters. The Bertz CT molecular complexity index is 1270. The molecule has 0 saturated heterocycles.